The molecule has 21 heavy (non-hydrogen) atoms. The van der Waals surface area contributed by atoms with Gasteiger partial charge in [0.15, 0.2) is 0 Å². The van der Waals surface area contributed by atoms with Gasteiger partial charge in [-0.25, -0.2) is 0 Å². The molecule has 1 heterocycles. The van der Waals surface area contributed by atoms with Crippen LogP contribution in [0.1, 0.15) is 71.6 Å². The van der Waals surface area contributed by atoms with Gasteiger partial charge in [0.2, 0.25) is 0 Å². The van der Waals surface area contributed by atoms with Crippen molar-refractivity contribution in [2.75, 3.05) is 13.1 Å². The van der Waals surface area contributed by atoms with E-state index in [0.29, 0.717) is 5.54 Å². The minimum atomic E-state index is 0.478. The summed E-state index contributed by atoms with van der Waals surface area (Å²) in [4.78, 5) is 3.03. The first-order valence-corrected chi connectivity index (χ1v) is 9.69. The third kappa shape index (κ3) is 2.91. The molecule has 3 saturated carbocycles. The van der Waals surface area contributed by atoms with Crippen LogP contribution in [0.25, 0.3) is 0 Å². The van der Waals surface area contributed by atoms with E-state index in [9.17, 15) is 0 Å². The molecule has 120 valence electrons. The fourth-order valence-electron chi connectivity index (χ4n) is 5.27. The van der Waals surface area contributed by atoms with Crippen LogP contribution in [-0.4, -0.2) is 35.6 Å². The molecule has 1 unspecified atom stereocenters. The van der Waals surface area contributed by atoms with E-state index in [4.69, 9.17) is 0 Å². The molecule has 0 bridgehead atoms. The van der Waals surface area contributed by atoms with Gasteiger partial charge in [-0.1, -0.05) is 33.1 Å². The highest BCUT2D eigenvalue weighted by Crippen LogP contribution is 2.49. The number of rotatable bonds is 4. The smallest absolute Gasteiger partial charge is 0.0309 e. The quantitative estimate of drug-likeness (QED) is 0.847. The maximum atomic E-state index is 4.03. The van der Waals surface area contributed by atoms with Crippen molar-refractivity contribution in [1.29, 1.82) is 0 Å². The van der Waals surface area contributed by atoms with Gasteiger partial charge in [-0.3, -0.25) is 4.90 Å². The van der Waals surface area contributed by atoms with E-state index in [0.717, 1.165) is 29.8 Å². The minimum Gasteiger partial charge on any atom is -0.308 e. The number of nitrogens with one attached hydrogen (secondary N) is 1. The summed E-state index contributed by atoms with van der Waals surface area (Å²) in [5, 5.41) is 4.03. The molecule has 1 atom stereocenters. The average Bonchev–Trinajstić information content (AvgIpc) is 3.34. The molecular weight excluding hydrogens is 256 g/mol. The maximum absolute atomic E-state index is 4.03. The highest BCUT2D eigenvalue weighted by molar-refractivity contribution is 5.07. The highest BCUT2D eigenvalue weighted by atomic mass is 15.3. The number of nitrogens with zero attached hydrogens (tertiary/aromatic N) is 1. The van der Waals surface area contributed by atoms with Gasteiger partial charge in [0.25, 0.3) is 0 Å². The lowest BCUT2D eigenvalue weighted by molar-refractivity contribution is -0.00750. The topological polar surface area (TPSA) is 15.3 Å². The van der Waals surface area contributed by atoms with Gasteiger partial charge in [-0.05, 0) is 56.3 Å². The summed E-state index contributed by atoms with van der Waals surface area (Å²) in [5.74, 6) is 2.90. The Morgan fingerprint density at radius 3 is 2.10 bits per heavy atom. The Hall–Kier alpha value is -0.0800. The van der Waals surface area contributed by atoms with Crippen LogP contribution in [-0.2, 0) is 0 Å². The van der Waals surface area contributed by atoms with Crippen molar-refractivity contribution in [3.8, 4) is 0 Å². The Morgan fingerprint density at radius 1 is 0.952 bits per heavy atom. The molecule has 0 aromatic heterocycles. The molecule has 1 aliphatic heterocycles. The fourth-order valence-corrected chi connectivity index (χ4v) is 5.27. The van der Waals surface area contributed by atoms with E-state index in [2.05, 4.69) is 24.1 Å². The standard InChI is InChI=1S/C19H34N2/c1-14(2)17-12-20-19(10-4-3-5-11-19)13-21(17)18(15-6-7-15)16-8-9-16/h14-18,20H,3-13H2,1-2H3. The highest BCUT2D eigenvalue weighted by Gasteiger charge is 2.50. The second-order valence-corrected chi connectivity index (χ2v) is 8.87. The van der Waals surface area contributed by atoms with Crippen molar-refractivity contribution >= 4 is 0 Å². The van der Waals surface area contributed by atoms with Crippen molar-refractivity contribution in [3.63, 3.8) is 0 Å². The molecule has 0 amide bonds. The van der Waals surface area contributed by atoms with Crippen LogP contribution in [0.5, 0.6) is 0 Å². The maximum Gasteiger partial charge on any atom is 0.0309 e. The molecule has 4 rings (SSSR count). The van der Waals surface area contributed by atoms with E-state index in [1.54, 1.807) is 0 Å². The number of hydrogen-bond donors (Lipinski definition) is 1. The predicted octanol–water partition coefficient (Wildman–Crippen LogP) is 3.81. The molecule has 0 radical (unpaired) electrons. The Morgan fingerprint density at radius 2 is 1.57 bits per heavy atom. The molecule has 2 heteroatoms. The monoisotopic (exact) mass is 290 g/mol. The zero-order valence-electron chi connectivity index (χ0n) is 14.1. The molecule has 2 nitrogen and oxygen atoms in total. The Balaban J connectivity index is 1.55. The van der Waals surface area contributed by atoms with E-state index in [1.807, 2.05) is 0 Å². The number of hydrogen-bond acceptors (Lipinski definition) is 2. The van der Waals surface area contributed by atoms with E-state index in [-0.39, 0.29) is 0 Å². The Labute approximate surface area is 131 Å². The molecule has 3 aliphatic carbocycles. The molecular formula is C19H34N2. The summed E-state index contributed by atoms with van der Waals surface area (Å²) in [6.45, 7) is 7.48. The zero-order chi connectivity index (χ0) is 14.4. The minimum absolute atomic E-state index is 0.478. The van der Waals surface area contributed by atoms with Crippen molar-refractivity contribution < 1.29 is 0 Å². The van der Waals surface area contributed by atoms with Gasteiger partial charge >= 0.3 is 0 Å². The van der Waals surface area contributed by atoms with Gasteiger partial charge in [0, 0.05) is 30.7 Å². The summed E-state index contributed by atoms with van der Waals surface area (Å²) < 4.78 is 0. The molecule has 4 aliphatic rings. The van der Waals surface area contributed by atoms with Crippen LogP contribution in [0, 0.1) is 17.8 Å². The largest absolute Gasteiger partial charge is 0.308 e. The third-order valence-corrected chi connectivity index (χ3v) is 6.77. The number of piperazine rings is 1. The van der Waals surface area contributed by atoms with Gasteiger partial charge in [0.1, 0.15) is 0 Å². The van der Waals surface area contributed by atoms with Crippen LogP contribution in [0.2, 0.25) is 0 Å². The van der Waals surface area contributed by atoms with Crippen LogP contribution in [0.15, 0.2) is 0 Å². The lowest BCUT2D eigenvalue weighted by atomic mass is 9.77. The average molecular weight is 290 g/mol. The first kappa shape index (κ1) is 14.5. The lowest BCUT2D eigenvalue weighted by Gasteiger charge is -2.53. The zero-order valence-corrected chi connectivity index (χ0v) is 14.1. The molecule has 0 aromatic rings. The fraction of sp³-hybridized carbons (Fsp3) is 1.00. The SMILES string of the molecule is CC(C)C1CNC2(CCCCC2)CN1C(C1CC1)C1CC1. The van der Waals surface area contributed by atoms with Crippen LogP contribution in [0.3, 0.4) is 0 Å². The first-order valence-electron chi connectivity index (χ1n) is 9.69. The van der Waals surface area contributed by atoms with Crippen molar-refractivity contribution in [2.45, 2.75) is 89.3 Å². The van der Waals surface area contributed by atoms with Crippen LogP contribution < -0.4 is 5.32 Å². The second kappa shape index (κ2) is 5.53. The van der Waals surface area contributed by atoms with E-state index >= 15 is 0 Å². The van der Waals surface area contributed by atoms with Crippen molar-refractivity contribution in [3.05, 3.63) is 0 Å². The summed E-state index contributed by atoms with van der Waals surface area (Å²) in [6, 6.07) is 1.72. The van der Waals surface area contributed by atoms with Gasteiger partial charge < -0.3 is 5.32 Å². The molecule has 1 N–H and O–H groups in total. The molecule has 0 aromatic carbocycles. The van der Waals surface area contributed by atoms with Gasteiger partial charge in [0.05, 0.1) is 0 Å². The third-order valence-electron chi connectivity index (χ3n) is 6.77. The Bertz CT molecular complexity index is 352. The molecule has 1 spiro atoms. The summed E-state index contributed by atoms with van der Waals surface area (Å²) >= 11 is 0. The summed E-state index contributed by atoms with van der Waals surface area (Å²) in [7, 11) is 0. The van der Waals surface area contributed by atoms with Crippen molar-refractivity contribution in [2.24, 2.45) is 17.8 Å². The second-order valence-electron chi connectivity index (χ2n) is 8.87. The van der Waals surface area contributed by atoms with Crippen LogP contribution >= 0.6 is 0 Å². The van der Waals surface area contributed by atoms with Crippen LogP contribution in [0.4, 0.5) is 0 Å². The van der Waals surface area contributed by atoms with Crippen molar-refractivity contribution in [1.82, 2.24) is 10.2 Å². The van der Waals surface area contributed by atoms with Gasteiger partial charge in [-0.2, -0.15) is 0 Å². The first-order chi connectivity index (χ1) is 10.2. The lowest BCUT2D eigenvalue weighted by Crippen LogP contribution is -2.68. The molecule has 1 saturated heterocycles. The van der Waals surface area contributed by atoms with Gasteiger partial charge in [-0.15, -0.1) is 0 Å². The normalized spacial score (nSPS) is 34.0. The van der Waals surface area contributed by atoms with E-state index in [1.165, 1.54) is 70.9 Å². The Kier molecular flexibility index (Phi) is 3.82. The predicted molar refractivity (Wildman–Crippen MR) is 88.4 cm³/mol. The summed E-state index contributed by atoms with van der Waals surface area (Å²) in [6.07, 6.45) is 13.3. The summed E-state index contributed by atoms with van der Waals surface area (Å²) in [5.41, 5.74) is 0.478. The van der Waals surface area contributed by atoms with E-state index < -0.39 is 0 Å². The molecule has 4 fully saturated rings.